The van der Waals surface area contributed by atoms with Gasteiger partial charge in [-0.15, -0.1) is 0 Å². The second-order valence-electron chi connectivity index (χ2n) is 6.29. The molecule has 2 fully saturated rings. The molecule has 1 aromatic carbocycles. The van der Waals surface area contributed by atoms with E-state index in [1.165, 1.54) is 11.1 Å². The third kappa shape index (κ3) is 3.04. The fourth-order valence-corrected chi connectivity index (χ4v) is 3.33. The van der Waals surface area contributed by atoms with Gasteiger partial charge in [-0.25, -0.2) is 0 Å². The first-order valence-electron chi connectivity index (χ1n) is 7.82. The molecule has 0 radical (unpaired) electrons. The molecule has 1 aromatic rings. The number of carbonyl (C=O) groups is 1. The lowest BCUT2D eigenvalue weighted by molar-refractivity contribution is -0.123. The molecule has 1 aliphatic heterocycles. The van der Waals surface area contributed by atoms with Crippen molar-refractivity contribution in [2.24, 2.45) is 0 Å². The zero-order chi connectivity index (χ0) is 13.9. The van der Waals surface area contributed by atoms with Gasteiger partial charge in [0, 0.05) is 12.6 Å². The minimum atomic E-state index is 0.0287. The van der Waals surface area contributed by atoms with E-state index in [1.54, 1.807) is 0 Å². The second kappa shape index (κ2) is 5.96. The summed E-state index contributed by atoms with van der Waals surface area (Å²) in [6, 6.07) is 9.35. The molecule has 3 rings (SSSR count). The van der Waals surface area contributed by atoms with Gasteiger partial charge in [0.25, 0.3) is 0 Å². The Kier molecular flexibility index (Phi) is 4.06. The fourth-order valence-electron chi connectivity index (χ4n) is 3.33. The number of aryl methyl sites for hydroxylation is 1. The maximum Gasteiger partial charge on any atom is 0.237 e. The van der Waals surface area contributed by atoms with Gasteiger partial charge in [-0.3, -0.25) is 4.79 Å². The van der Waals surface area contributed by atoms with Crippen molar-refractivity contribution in [2.75, 3.05) is 6.54 Å². The van der Waals surface area contributed by atoms with Crippen molar-refractivity contribution in [3.63, 3.8) is 0 Å². The molecule has 1 saturated heterocycles. The molecule has 1 saturated carbocycles. The quantitative estimate of drug-likeness (QED) is 0.887. The number of hydrogen-bond acceptors (Lipinski definition) is 2. The van der Waals surface area contributed by atoms with Crippen molar-refractivity contribution in [1.29, 1.82) is 0 Å². The Morgan fingerprint density at radius 3 is 2.90 bits per heavy atom. The molecular formula is C17H24N2O. The molecule has 1 amide bonds. The Labute approximate surface area is 121 Å². The van der Waals surface area contributed by atoms with Gasteiger partial charge in [0.1, 0.15) is 0 Å². The molecular weight excluding hydrogens is 248 g/mol. The van der Waals surface area contributed by atoms with Crippen LogP contribution in [0.4, 0.5) is 0 Å². The minimum absolute atomic E-state index is 0.0287. The summed E-state index contributed by atoms with van der Waals surface area (Å²) >= 11 is 0. The van der Waals surface area contributed by atoms with Crippen molar-refractivity contribution in [3.05, 3.63) is 35.4 Å². The van der Waals surface area contributed by atoms with E-state index < -0.39 is 0 Å². The SMILES string of the molecule is Cc1cccc(C2CC(NC3CCCCNC3=O)C2)c1. The van der Waals surface area contributed by atoms with E-state index >= 15 is 0 Å². The number of benzene rings is 1. The Hall–Kier alpha value is -1.35. The highest BCUT2D eigenvalue weighted by atomic mass is 16.2. The second-order valence-corrected chi connectivity index (χ2v) is 6.29. The Bertz CT molecular complexity index is 480. The Morgan fingerprint density at radius 2 is 2.10 bits per heavy atom. The van der Waals surface area contributed by atoms with E-state index in [0.29, 0.717) is 12.0 Å². The van der Waals surface area contributed by atoms with Crippen molar-refractivity contribution in [3.8, 4) is 0 Å². The molecule has 0 aromatic heterocycles. The summed E-state index contributed by atoms with van der Waals surface area (Å²) in [6.07, 6.45) is 5.56. The maximum absolute atomic E-state index is 11.9. The maximum atomic E-state index is 11.9. The molecule has 2 aliphatic rings. The van der Waals surface area contributed by atoms with E-state index in [0.717, 1.165) is 38.6 Å². The molecule has 108 valence electrons. The van der Waals surface area contributed by atoms with Gasteiger partial charge < -0.3 is 10.6 Å². The molecule has 1 heterocycles. The van der Waals surface area contributed by atoms with Crippen LogP contribution in [0.5, 0.6) is 0 Å². The molecule has 3 nitrogen and oxygen atoms in total. The van der Waals surface area contributed by atoms with Gasteiger partial charge in [-0.2, -0.15) is 0 Å². The van der Waals surface area contributed by atoms with Crippen LogP contribution in [0.25, 0.3) is 0 Å². The average Bonchev–Trinajstić information content (AvgIpc) is 2.58. The van der Waals surface area contributed by atoms with Gasteiger partial charge >= 0.3 is 0 Å². The molecule has 0 bridgehead atoms. The van der Waals surface area contributed by atoms with Gasteiger partial charge in [-0.1, -0.05) is 29.8 Å². The van der Waals surface area contributed by atoms with E-state index in [2.05, 4.69) is 41.8 Å². The fraction of sp³-hybridized carbons (Fsp3) is 0.588. The van der Waals surface area contributed by atoms with Crippen LogP contribution in [0.3, 0.4) is 0 Å². The third-order valence-corrected chi connectivity index (χ3v) is 4.62. The summed E-state index contributed by atoms with van der Waals surface area (Å²) in [4.78, 5) is 11.9. The largest absolute Gasteiger partial charge is 0.355 e. The number of nitrogens with one attached hydrogen (secondary N) is 2. The van der Waals surface area contributed by atoms with Crippen LogP contribution in [0, 0.1) is 6.92 Å². The van der Waals surface area contributed by atoms with Crippen molar-refractivity contribution < 1.29 is 4.79 Å². The smallest absolute Gasteiger partial charge is 0.237 e. The monoisotopic (exact) mass is 272 g/mol. The summed E-state index contributed by atoms with van der Waals surface area (Å²) < 4.78 is 0. The number of carbonyl (C=O) groups excluding carboxylic acids is 1. The highest BCUT2D eigenvalue weighted by Gasteiger charge is 2.33. The van der Waals surface area contributed by atoms with Crippen LogP contribution in [-0.2, 0) is 4.79 Å². The number of rotatable bonds is 3. The standard InChI is InChI=1S/C17H24N2O/c1-12-5-4-6-13(9-12)14-10-15(11-14)19-16-7-2-3-8-18-17(16)20/h4-6,9,14-16,19H,2-3,7-8,10-11H2,1H3,(H,18,20). The van der Waals surface area contributed by atoms with Crippen molar-refractivity contribution in [2.45, 2.75) is 57.0 Å². The van der Waals surface area contributed by atoms with E-state index in [-0.39, 0.29) is 11.9 Å². The summed E-state index contributed by atoms with van der Waals surface area (Å²) in [5, 5.41) is 6.54. The zero-order valence-electron chi connectivity index (χ0n) is 12.2. The summed E-state index contributed by atoms with van der Waals surface area (Å²) in [5.74, 6) is 0.864. The number of amides is 1. The van der Waals surface area contributed by atoms with Crippen LogP contribution in [-0.4, -0.2) is 24.5 Å². The zero-order valence-corrected chi connectivity index (χ0v) is 12.2. The highest BCUT2D eigenvalue weighted by molar-refractivity contribution is 5.81. The molecule has 1 aliphatic carbocycles. The molecule has 0 spiro atoms. The minimum Gasteiger partial charge on any atom is -0.355 e. The predicted molar refractivity (Wildman–Crippen MR) is 80.7 cm³/mol. The van der Waals surface area contributed by atoms with Crippen molar-refractivity contribution >= 4 is 5.91 Å². The summed E-state index contributed by atoms with van der Waals surface area (Å²) in [5.41, 5.74) is 2.79. The Balaban J connectivity index is 1.51. The number of hydrogen-bond donors (Lipinski definition) is 2. The van der Waals surface area contributed by atoms with Gasteiger partial charge in [-0.05, 0) is 50.5 Å². The van der Waals surface area contributed by atoms with Crippen LogP contribution >= 0.6 is 0 Å². The summed E-state index contributed by atoms with van der Waals surface area (Å²) in [6.45, 7) is 2.99. The van der Waals surface area contributed by atoms with Gasteiger partial charge in [0.15, 0.2) is 0 Å². The van der Waals surface area contributed by atoms with Crippen LogP contribution < -0.4 is 10.6 Å². The first-order chi connectivity index (χ1) is 9.72. The van der Waals surface area contributed by atoms with E-state index in [4.69, 9.17) is 0 Å². The normalized spacial score (nSPS) is 30.2. The Morgan fingerprint density at radius 1 is 1.25 bits per heavy atom. The predicted octanol–water partition coefficient (Wildman–Crippen LogP) is 2.50. The van der Waals surface area contributed by atoms with Crippen LogP contribution in [0.2, 0.25) is 0 Å². The summed E-state index contributed by atoms with van der Waals surface area (Å²) in [7, 11) is 0. The average molecular weight is 272 g/mol. The highest BCUT2D eigenvalue weighted by Crippen LogP contribution is 2.37. The molecule has 3 heteroatoms. The van der Waals surface area contributed by atoms with E-state index in [9.17, 15) is 4.79 Å². The lowest BCUT2D eigenvalue weighted by Gasteiger charge is -2.38. The lowest BCUT2D eigenvalue weighted by Crippen LogP contribution is -2.51. The third-order valence-electron chi connectivity index (χ3n) is 4.62. The topological polar surface area (TPSA) is 41.1 Å². The van der Waals surface area contributed by atoms with Crippen LogP contribution in [0.1, 0.15) is 49.1 Å². The van der Waals surface area contributed by atoms with Gasteiger partial charge in [0.05, 0.1) is 6.04 Å². The van der Waals surface area contributed by atoms with E-state index in [1.807, 2.05) is 0 Å². The first-order valence-corrected chi connectivity index (χ1v) is 7.82. The molecule has 2 N–H and O–H groups in total. The first kappa shape index (κ1) is 13.6. The van der Waals surface area contributed by atoms with Gasteiger partial charge in [0.2, 0.25) is 5.91 Å². The van der Waals surface area contributed by atoms with Crippen LogP contribution in [0.15, 0.2) is 24.3 Å². The molecule has 1 unspecified atom stereocenters. The lowest BCUT2D eigenvalue weighted by atomic mass is 9.75. The molecule has 1 atom stereocenters. The molecule has 20 heavy (non-hydrogen) atoms. The van der Waals surface area contributed by atoms with Crippen molar-refractivity contribution in [1.82, 2.24) is 10.6 Å².